The van der Waals surface area contributed by atoms with Gasteiger partial charge in [-0.3, -0.25) is 14.6 Å². The highest BCUT2D eigenvalue weighted by atomic mass is 16.5. The van der Waals surface area contributed by atoms with E-state index in [4.69, 9.17) is 9.84 Å². The number of carboxylic acid groups (broad SMARTS) is 1. The molecule has 1 aromatic carbocycles. The lowest BCUT2D eigenvalue weighted by Gasteiger charge is -2.35. The summed E-state index contributed by atoms with van der Waals surface area (Å²) in [5.41, 5.74) is 5.64. The van der Waals surface area contributed by atoms with E-state index in [0.717, 1.165) is 19.6 Å². The van der Waals surface area contributed by atoms with Gasteiger partial charge < -0.3 is 9.84 Å². The molecule has 5 heteroatoms. The molecule has 1 unspecified atom stereocenters. The van der Waals surface area contributed by atoms with Gasteiger partial charge in [0.2, 0.25) is 0 Å². The molecule has 146 valence electrons. The molecule has 1 N–H and O–H groups in total. The van der Waals surface area contributed by atoms with Crippen LogP contribution in [0.1, 0.15) is 43.0 Å². The van der Waals surface area contributed by atoms with Crippen molar-refractivity contribution in [2.45, 2.75) is 52.7 Å². The van der Waals surface area contributed by atoms with Crippen LogP contribution < -0.4 is 0 Å². The number of benzene rings is 1. The van der Waals surface area contributed by atoms with E-state index in [1.807, 2.05) is 11.9 Å². The van der Waals surface area contributed by atoms with Crippen LogP contribution in [0.15, 0.2) is 12.1 Å². The summed E-state index contributed by atoms with van der Waals surface area (Å²) in [5.74, 6) is -0.801. The second-order valence-corrected chi connectivity index (χ2v) is 8.66. The number of hydrogen-bond donors (Lipinski definition) is 1. The van der Waals surface area contributed by atoms with Crippen molar-refractivity contribution in [1.82, 2.24) is 9.80 Å². The Bertz CT molecular complexity index is 614. The number of aliphatic carboxylic acids is 1. The van der Waals surface area contributed by atoms with Gasteiger partial charge in [-0.25, -0.2) is 0 Å². The molecule has 26 heavy (non-hydrogen) atoms. The van der Waals surface area contributed by atoms with E-state index in [0.29, 0.717) is 13.2 Å². The summed E-state index contributed by atoms with van der Waals surface area (Å²) in [6, 6.07) is 4.64. The van der Waals surface area contributed by atoms with Crippen molar-refractivity contribution in [1.29, 1.82) is 0 Å². The molecular formula is C21H34N2O3. The summed E-state index contributed by atoms with van der Waals surface area (Å²) < 4.78 is 5.85. The van der Waals surface area contributed by atoms with Crippen LogP contribution in [-0.2, 0) is 21.5 Å². The molecule has 0 saturated carbocycles. The van der Waals surface area contributed by atoms with Crippen LogP contribution in [0.2, 0.25) is 0 Å². The third-order valence-corrected chi connectivity index (χ3v) is 5.09. The number of rotatable bonds is 6. The quantitative estimate of drug-likeness (QED) is 0.843. The number of likely N-dealkylation sites (N-methyl/N-ethyl adjacent to an activating group) is 1. The number of aryl methyl sites for hydroxylation is 2. The Labute approximate surface area is 157 Å². The van der Waals surface area contributed by atoms with Gasteiger partial charge in [0.25, 0.3) is 0 Å². The minimum atomic E-state index is -0.801. The van der Waals surface area contributed by atoms with Gasteiger partial charge in [-0.1, -0.05) is 32.9 Å². The molecule has 1 aromatic rings. The number of carboxylic acids is 1. The summed E-state index contributed by atoms with van der Waals surface area (Å²) in [7, 11) is 1.83. The third kappa shape index (κ3) is 5.79. The van der Waals surface area contributed by atoms with Gasteiger partial charge in [0.15, 0.2) is 0 Å². The molecule has 2 rings (SSSR count). The minimum absolute atomic E-state index is 0.0480. The average Bonchev–Trinajstić information content (AvgIpc) is 2.49. The number of carbonyl (C=O) groups is 1. The number of nitrogens with zero attached hydrogens (tertiary/aromatic N) is 2. The zero-order valence-electron chi connectivity index (χ0n) is 17.1. The molecule has 1 atom stereocenters. The van der Waals surface area contributed by atoms with Gasteiger partial charge in [0.05, 0.1) is 19.3 Å². The van der Waals surface area contributed by atoms with Gasteiger partial charge in [-0.2, -0.15) is 0 Å². The largest absolute Gasteiger partial charge is 0.480 e. The van der Waals surface area contributed by atoms with E-state index in [1.165, 1.54) is 22.3 Å². The fourth-order valence-corrected chi connectivity index (χ4v) is 3.58. The Morgan fingerprint density at radius 1 is 1.31 bits per heavy atom. The van der Waals surface area contributed by atoms with E-state index in [1.54, 1.807) is 0 Å². The first-order chi connectivity index (χ1) is 12.1. The summed E-state index contributed by atoms with van der Waals surface area (Å²) >= 11 is 0. The van der Waals surface area contributed by atoms with Crippen LogP contribution in [0.4, 0.5) is 0 Å². The molecule has 0 radical (unpaired) electrons. The monoisotopic (exact) mass is 362 g/mol. The van der Waals surface area contributed by atoms with E-state index in [-0.39, 0.29) is 18.1 Å². The van der Waals surface area contributed by atoms with E-state index < -0.39 is 5.97 Å². The van der Waals surface area contributed by atoms with Crippen molar-refractivity contribution < 1.29 is 14.6 Å². The molecule has 1 heterocycles. The maximum atomic E-state index is 10.8. The Kier molecular flexibility index (Phi) is 6.83. The van der Waals surface area contributed by atoms with Crippen molar-refractivity contribution >= 4 is 5.97 Å². The average molecular weight is 363 g/mol. The van der Waals surface area contributed by atoms with E-state index in [9.17, 15) is 4.79 Å². The molecule has 0 bridgehead atoms. The fraction of sp³-hybridized carbons (Fsp3) is 0.667. The van der Waals surface area contributed by atoms with Gasteiger partial charge in [0, 0.05) is 26.2 Å². The summed E-state index contributed by atoms with van der Waals surface area (Å²) in [5, 5.41) is 8.91. The molecule has 1 aliphatic rings. The van der Waals surface area contributed by atoms with Gasteiger partial charge >= 0.3 is 5.97 Å². The molecule has 0 spiro atoms. The van der Waals surface area contributed by atoms with Crippen LogP contribution in [0, 0.1) is 13.8 Å². The molecule has 0 aliphatic carbocycles. The van der Waals surface area contributed by atoms with E-state index >= 15 is 0 Å². The smallest absolute Gasteiger partial charge is 0.317 e. The molecule has 1 saturated heterocycles. The first-order valence-corrected chi connectivity index (χ1v) is 9.41. The van der Waals surface area contributed by atoms with Crippen LogP contribution in [0.25, 0.3) is 0 Å². The minimum Gasteiger partial charge on any atom is -0.480 e. The highest BCUT2D eigenvalue weighted by Gasteiger charge is 2.24. The molecule has 5 nitrogen and oxygen atoms in total. The van der Waals surface area contributed by atoms with Crippen LogP contribution in [0.5, 0.6) is 0 Å². The molecule has 1 fully saturated rings. The lowest BCUT2D eigenvalue weighted by molar-refractivity contribution is -0.138. The maximum absolute atomic E-state index is 10.8. The lowest BCUT2D eigenvalue weighted by Crippen LogP contribution is -2.47. The molecule has 0 aromatic heterocycles. The van der Waals surface area contributed by atoms with Crippen molar-refractivity contribution in [2.75, 3.05) is 39.8 Å². The summed E-state index contributed by atoms with van der Waals surface area (Å²) in [6.45, 7) is 15.2. The summed E-state index contributed by atoms with van der Waals surface area (Å²) in [6.07, 6.45) is 0.0579. The second kappa shape index (κ2) is 8.51. The first-order valence-electron chi connectivity index (χ1n) is 9.41. The third-order valence-electron chi connectivity index (χ3n) is 5.09. The van der Waals surface area contributed by atoms with Gasteiger partial charge in [-0.05, 0) is 48.6 Å². The SMILES string of the molecule is Cc1cc(C(C)(C)C)cc(C)c1CN1CCOC(CN(C)CC(=O)O)C1. The van der Waals surface area contributed by atoms with Gasteiger partial charge in [0.1, 0.15) is 0 Å². The van der Waals surface area contributed by atoms with Crippen LogP contribution in [0.3, 0.4) is 0 Å². The van der Waals surface area contributed by atoms with E-state index in [2.05, 4.69) is 51.7 Å². The normalized spacial score (nSPS) is 19.1. The lowest BCUT2D eigenvalue weighted by atomic mass is 9.83. The Morgan fingerprint density at radius 2 is 1.92 bits per heavy atom. The number of morpholine rings is 1. The van der Waals surface area contributed by atoms with Crippen molar-refractivity contribution in [3.05, 3.63) is 34.4 Å². The zero-order valence-corrected chi connectivity index (χ0v) is 17.1. The highest BCUT2D eigenvalue weighted by molar-refractivity contribution is 5.69. The van der Waals surface area contributed by atoms with Crippen LogP contribution in [-0.4, -0.2) is 66.8 Å². The van der Waals surface area contributed by atoms with Crippen molar-refractivity contribution in [3.8, 4) is 0 Å². The molecule has 1 aliphatic heterocycles. The standard InChI is InChI=1S/C21H34N2O3/c1-15-9-17(21(3,4)5)10-16(2)19(15)13-23-7-8-26-18(12-23)11-22(6)14-20(24)25/h9-10,18H,7-8,11-14H2,1-6H3,(H,24,25). The van der Waals surface area contributed by atoms with Gasteiger partial charge in [-0.15, -0.1) is 0 Å². The second-order valence-electron chi connectivity index (χ2n) is 8.66. The van der Waals surface area contributed by atoms with Crippen molar-refractivity contribution in [3.63, 3.8) is 0 Å². The number of ether oxygens (including phenoxy) is 1. The molecule has 0 amide bonds. The summed E-state index contributed by atoms with van der Waals surface area (Å²) in [4.78, 5) is 15.1. The highest BCUT2D eigenvalue weighted by Crippen LogP contribution is 2.27. The Balaban J connectivity index is 2.03. The Morgan fingerprint density at radius 3 is 2.46 bits per heavy atom. The Hall–Kier alpha value is -1.43. The fourth-order valence-electron chi connectivity index (χ4n) is 3.58. The predicted octanol–water partition coefficient (Wildman–Crippen LogP) is 2.82. The molecular weight excluding hydrogens is 328 g/mol. The zero-order chi connectivity index (χ0) is 19.5. The topological polar surface area (TPSA) is 53.0 Å². The first kappa shape index (κ1) is 20.9. The van der Waals surface area contributed by atoms with Crippen molar-refractivity contribution in [2.24, 2.45) is 0 Å². The van der Waals surface area contributed by atoms with Crippen LogP contribution >= 0.6 is 0 Å². The maximum Gasteiger partial charge on any atom is 0.317 e. The number of hydrogen-bond acceptors (Lipinski definition) is 4. The predicted molar refractivity (Wildman–Crippen MR) is 105 cm³/mol.